The highest BCUT2D eigenvalue weighted by molar-refractivity contribution is 6.33. The summed E-state index contributed by atoms with van der Waals surface area (Å²) in [5.74, 6) is 1.16. The molecule has 0 aliphatic heterocycles. The van der Waals surface area contributed by atoms with E-state index in [9.17, 15) is 13.2 Å². The Morgan fingerprint density at radius 3 is 2.60 bits per heavy atom. The SMILES string of the molecule is CCOc1cc(/C=N\Nc2ccc(C(F)(F)F)cn2)c(Cl)cc1OC. The first-order valence-corrected chi connectivity index (χ1v) is 7.55. The summed E-state index contributed by atoms with van der Waals surface area (Å²) in [6, 6.07) is 5.33. The highest BCUT2D eigenvalue weighted by Crippen LogP contribution is 2.32. The average molecular weight is 374 g/mol. The van der Waals surface area contributed by atoms with E-state index in [1.165, 1.54) is 19.4 Å². The first-order chi connectivity index (χ1) is 11.8. The molecule has 9 heteroatoms. The maximum atomic E-state index is 12.5. The number of ether oxygens (including phenoxy) is 2. The lowest BCUT2D eigenvalue weighted by Gasteiger charge is -2.11. The summed E-state index contributed by atoms with van der Waals surface area (Å²) in [5, 5.41) is 4.30. The lowest BCUT2D eigenvalue weighted by molar-refractivity contribution is -0.137. The number of halogens is 4. The molecular formula is C16H15ClF3N3O2. The van der Waals surface area contributed by atoms with Crippen LogP contribution in [0.1, 0.15) is 18.1 Å². The van der Waals surface area contributed by atoms with E-state index in [1.807, 2.05) is 6.92 Å². The maximum absolute atomic E-state index is 12.5. The van der Waals surface area contributed by atoms with Gasteiger partial charge in [0.05, 0.1) is 30.5 Å². The van der Waals surface area contributed by atoms with E-state index in [2.05, 4.69) is 15.5 Å². The third-order valence-corrected chi connectivity index (χ3v) is 3.38. The van der Waals surface area contributed by atoms with Crippen molar-refractivity contribution in [3.05, 3.63) is 46.6 Å². The van der Waals surface area contributed by atoms with Gasteiger partial charge in [-0.05, 0) is 25.1 Å². The van der Waals surface area contributed by atoms with Crippen LogP contribution in [0, 0.1) is 0 Å². The van der Waals surface area contributed by atoms with E-state index in [4.69, 9.17) is 21.1 Å². The zero-order valence-corrected chi connectivity index (χ0v) is 14.1. The zero-order valence-electron chi connectivity index (χ0n) is 13.4. The fourth-order valence-corrected chi connectivity index (χ4v) is 2.08. The molecule has 5 nitrogen and oxygen atoms in total. The molecule has 1 heterocycles. The smallest absolute Gasteiger partial charge is 0.417 e. The minimum atomic E-state index is -4.43. The Bertz CT molecular complexity index is 750. The van der Waals surface area contributed by atoms with Crippen LogP contribution in [-0.2, 0) is 6.18 Å². The molecule has 25 heavy (non-hydrogen) atoms. The van der Waals surface area contributed by atoms with Gasteiger partial charge in [-0.1, -0.05) is 11.6 Å². The van der Waals surface area contributed by atoms with E-state index < -0.39 is 11.7 Å². The third-order valence-electron chi connectivity index (χ3n) is 3.06. The summed E-state index contributed by atoms with van der Waals surface area (Å²) >= 11 is 6.14. The van der Waals surface area contributed by atoms with Gasteiger partial charge in [0.1, 0.15) is 5.82 Å². The number of anilines is 1. The molecule has 134 valence electrons. The van der Waals surface area contributed by atoms with Gasteiger partial charge in [0.25, 0.3) is 0 Å². The number of hydrogen-bond acceptors (Lipinski definition) is 5. The molecule has 0 amide bonds. The van der Waals surface area contributed by atoms with E-state index >= 15 is 0 Å². The predicted molar refractivity (Wildman–Crippen MR) is 89.6 cm³/mol. The van der Waals surface area contributed by atoms with Crippen LogP contribution in [0.4, 0.5) is 19.0 Å². The molecule has 0 spiro atoms. The van der Waals surface area contributed by atoms with Crippen LogP contribution < -0.4 is 14.9 Å². The lowest BCUT2D eigenvalue weighted by atomic mass is 10.2. The van der Waals surface area contributed by atoms with Gasteiger partial charge in [-0.15, -0.1) is 0 Å². The van der Waals surface area contributed by atoms with Crippen molar-refractivity contribution in [1.82, 2.24) is 4.98 Å². The van der Waals surface area contributed by atoms with Crippen LogP contribution in [0.3, 0.4) is 0 Å². The lowest BCUT2D eigenvalue weighted by Crippen LogP contribution is -2.05. The molecule has 0 saturated heterocycles. The van der Waals surface area contributed by atoms with E-state index in [1.54, 1.807) is 12.1 Å². The van der Waals surface area contributed by atoms with Gasteiger partial charge in [0.15, 0.2) is 11.5 Å². The first-order valence-electron chi connectivity index (χ1n) is 7.17. The molecule has 1 aromatic carbocycles. The van der Waals surface area contributed by atoms with Crippen molar-refractivity contribution >= 4 is 23.6 Å². The second-order valence-electron chi connectivity index (χ2n) is 4.76. The number of hydrogen-bond donors (Lipinski definition) is 1. The second kappa shape index (κ2) is 8.06. The largest absolute Gasteiger partial charge is 0.493 e. The van der Waals surface area contributed by atoms with Crippen molar-refractivity contribution in [3.63, 3.8) is 0 Å². The molecule has 0 aliphatic rings. The Kier molecular flexibility index (Phi) is 6.08. The highest BCUT2D eigenvalue weighted by atomic mass is 35.5. The molecule has 2 rings (SSSR count). The summed E-state index contributed by atoms with van der Waals surface area (Å²) in [4.78, 5) is 3.65. The van der Waals surface area contributed by atoms with Crippen LogP contribution in [0.5, 0.6) is 11.5 Å². The Morgan fingerprint density at radius 2 is 2.04 bits per heavy atom. The molecule has 0 bridgehead atoms. The minimum absolute atomic E-state index is 0.166. The fraction of sp³-hybridized carbons (Fsp3) is 0.250. The van der Waals surface area contributed by atoms with Gasteiger partial charge in [-0.3, -0.25) is 5.43 Å². The van der Waals surface area contributed by atoms with Gasteiger partial charge < -0.3 is 9.47 Å². The summed E-state index contributed by atoms with van der Waals surface area (Å²) in [6.07, 6.45) is -2.30. The van der Waals surface area contributed by atoms with Gasteiger partial charge in [-0.25, -0.2) is 4.98 Å². The quantitative estimate of drug-likeness (QED) is 0.593. The Balaban J connectivity index is 2.12. The molecule has 1 aromatic heterocycles. The molecule has 1 N–H and O–H groups in total. The van der Waals surface area contributed by atoms with E-state index in [-0.39, 0.29) is 5.82 Å². The standard InChI is InChI=1S/C16H15ClF3N3O2/c1-3-25-14-6-10(12(17)7-13(14)24-2)8-22-23-15-5-4-11(9-21-15)16(18,19)20/h4-9H,3H2,1-2H3,(H,21,23)/b22-8-. The third kappa shape index (κ3) is 4.99. The number of nitrogens with zero attached hydrogens (tertiary/aromatic N) is 2. The Labute approximate surface area is 147 Å². The highest BCUT2D eigenvalue weighted by Gasteiger charge is 2.30. The van der Waals surface area contributed by atoms with Gasteiger partial charge in [-0.2, -0.15) is 18.3 Å². The predicted octanol–water partition coefficient (Wildman–Crippen LogP) is 4.61. The van der Waals surface area contributed by atoms with Crippen molar-refractivity contribution in [2.24, 2.45) is 5.10 Å². The number of aromatic nitrogens is 1. The number of pyridine rings is 1. The second-order valence-corrected chi connectivity index (χ2v) is 5.16. The van der Waals surface area contributed by atoms with Crippen LogP contribution in [-0.4, -0.2) is 24.9 Å². The fourth-order valence-electron chi connectivity index (χ4n) is 1.87. The van der Waals surface area contributed by atoms with E-state index in [0.717, 1.165) is 12.3 Å². The van der Waals surface area contributed by atoms with Crippen molar-refractivity contribution in [2.75, 3.05) is 19.1 Å². The normalized spacial score (nSPS) is 11.6. The number of nitrogens with one attached hydrogen (secondary N) is 1. The molecule has 0 atom stereocenters. The van der Waals surface area contributed by atoms with Crippen LogP contribution >= 0.6 is 11.6 Å². The van der Waals surface area contributed by atoms with Crippen molar-refractivity contribution < 1.29 is 22.6 Å². The topological polar surface area (TPSA) is 55.7 Å². The molecular weight excluding hydrogens is 359 g/mol. The van der Waals surface area contributed by atoms with Gasteiger partial charge in [0, 0.05) is 17.8 Å². The number of hydrazone groups is 1. The van der Waals surface area contributed by atoms with Crippen LogP contribution in [0.2, 0.25) is 5.02 Å². The summed E-state index contributed by atoms with van der Waals surface area (Å²) in [5.41, 5.74) is 2.25. The molecule has 0 fully saturated rings. The van der Waals surface area contributed by atoms with E-state index in [0.29, 0.717) is 28.7 Å². The van der Waals surface area contributed by atoms with Crippen LogP contribution in [0.15, 0.2) is 35.6 Å². The minimum Gasteiger partial charge on any atom is -0.493 e. The average Bonchev–Trinajstić information content (AvgIpc) is 2.57. The first kappa shape index (κ1) is 18.9. The molecule has 0 unspecified atom stereocenters. The summed E-state index contributed by atoms with van der Waals surface area (Å²) in [6.45, 7) is 2.28. The molecule has 0 radical (unpaired) electrons. The Morgan fingerprint density at radius 1 is 1.28 bits per heavy atom. The Hall–Kier alpha value is -2.48. The molecule has 2 aromatic rings. The summed E-state index contributed by atoms with van der Waals surface area (Å²) < 4.78 is 48.0. The number of benzene rings is 1. The monoisotopic (exact) mass is 373 g/mol. The maximum Gasteiger partial charge on any atom is 0.417 e. The van der Waals surface area contributed by atoms with Crippen molar-refractivity contribution in [2.45, 2.75) is 13.1 Å². The number of rotatable bonds is 6. The van der Waals surface area contributed by atoms with Gasteiger partial charge in [0.2, 0.25) is 0 Å². The van der Waals surface area contributed by atoms with Crippen LogP contribution in [0.25, 0.3) is 0 Å². The number of methoxy groups -OCH3 is 1. The molecule has 0 saturated carbocycles. The summed E-state index contributed by atoms with van der Waals surface area (Å²) in [7, 11) is 1.50. The number of alkyl halides is 3. The van der Waals surface area contributed by atoms with Crippen molar-refractivity contribution in [1.29, 1.82) is 0 Å². The zero-order chi connectivity index (χ0) is 18.4. The van der Waals surface area contributed by atoms with Crippen molar-refractivity contribution in [3.8, 4) is 11.5 Å². The molecule has 0 aliphatic carbocycles. The van der Waals surface area contributed by atoms with Gasteiger partial charge >= 0.3 is 6.18 Å².